The predicted octanol–water partition coefficient (Wildman–Crippen LogP) is 1.95. The zero-order valence-corrected chi connectivity index (χ0v) is 10.9. The second-order valence-corrected chi connectivity index (χ2v) is 5.19. The van der Waals surface area contributed by atoms with E-state index >= 15 is 0 Å². The third-order valence-corrected chi connectivity index (χ3v) is 3.77. The summed E-state index contributed by atoms with van der Waals surface area (Å²) in [6.45, 7) is 4.17. The number of rotatable bonds is 4. The molecule has 0 radical (unpaired) electrons. The Bertz CT molecular complexity index is 394. The average Bonchev–Trinajstić information content (AvgIpc) is 2.39. The summed E-state index contributed by atoms with van der Waals surface area (Å²) in [4.78, 5) is 13.2. The summed E-state index contributed by atoms with van der Waals surface area (Å²) in [6.07, 6.45) is 2.10. The van der Waals surface area contributed by atoms with Crippen molar-refractivity contribution in [1.82, 2.24) is 4.90 Å². The van der Waals surface area contributed by atoms with E-state index in [0.29, 0.717) is 6.42 Å². The molecule has 1 heterocycles. The number of ketones is 1. The third kappa shape index (κ3) is 3.18. The lowest BCUT2D eigenvalue weighted by atomic mass is 9.84. The number of carbonyl (C=O) groups excluding carboxylic acids is 1. The Morgan fingerprint density at radius 3 is 2.44 bits per heavy atom. The van der Waals surface area contributed by atoms with Crippen molar-refractivity contribution in [3.05, 3.63) is 35.9 Å². The van der Waals surface area contributed by atoms with Gasteiger partial charge in [-0.2, -0.15) is 0 Å². The van der Waals surface area contributed by atoms with Crippen LogP contribution in [0, 0.1) is 0 Å². The van der Waals surface area contributed by atoms with E-state index in [1.165, 1.54) is 0 Å². The van der Waals surface area contributed by atoms with Crippen LogP contribution in [0.3, 0.4) is 0 Å². The topological polar surface area (TPSA) is 40.5 Å². The van der Waals surface area contributed by atoms with Crippen molar-refractivity contribution in [1.29, 1.82) is 0 Å². The predicted molar refractivity (Wildman–Crippen MR) is 71.3 cm³/mol. The fourth-order valence-corrected chi connectivity index (χ4v) is 2.50. The zero-order valence-electron chi connectivity index (χ0n) is 10.9. The highest BCUT2D eigenvalue weighted by Gasteiger charge is 2.33. The maximum atomic E-state index is 11.0. The number of nitrogens with zero attached hydrogens (tertiary/aromatic N) is 1. The number of benzene rings is 1. The first kappa shape index (κ1) is 13.2. The van der Waals surface area contributed by atoms with Gasteiger partial charge in [0.1, 0.15) is 5.78 Å². The number of hydrogen-bond donors (Lipinski definition) is 1. The van der Waals surface area contributed by atoms with Crippen LogP contribution in [0.5, 0.6) is 0 Å². The van der Waals surface area contributed by atoms with Gasteiger partial charge in [0.05, 0.1) is 5.60 Å². The van der Waals surface area contributed by atoms with Gasteiger partial charge in [0.2, 0.25) is 0 Å². The molecule has 0 spiro atoms. The van der Waals surface area contributed by atoms with Gasteiger partial charge in [-0.1, -0.05) is 30.3 Å². The Kier molecular flexibility index (Phi) is 4.15. The number of aliphatic hydroxyl groups is 1. The zero-order chi connectivity index (χ0) is 13.0. The molecule has 0 atom stereocenters. The molecule has 1 aromatic carbocycles. The SMILES string of the molecule is CC(=O)CCN1CCC(O)(c2ccccc2)CC1. The number of piperidine rings is 1. The standard InChI is InChI=1S/C15H21NO2/c1-13(17)7-10-16-11-8-15(18,9-12-16)14-5-3-2-4-6-14/h2-6,18H,7-12H2,1H3. The number of Topliss-reactive ketones (excluding diaryl/α,β-unsaturated/α-hetero) is 1. The summed E-state index contributed by atoms with van der Waals surface area (Å²) in [6, 6.07) is 9.89. The summed E-state index contributed by atoms with van der Waals surface area (Å²) < 4.78 is 0. The molecule has 0 aromatic heterocycles. The summed E-state index contributed by atoms with van der Waals surface area (Å²) >= 11 is 0. The molecule has 3 nitrogen and oxygen atoms in total. The molecule has 2 rings (SSSR count). The lowest BCUT2D eigenvalue weighted by Crippen LogP contribution is -2.43. The van der Waals surface area contributed by atoms with E-state index in [-0.39, 0.29) is 5.78 Å². The van der Waals surface area contributed by atoms with E-state index in [9.17, 15) is 9.90 Å². The second-order valence-electron chi connectivity index (χ2n) is 5.19. The Labute approximate surface area is 108 Å². The smallest absolute Gasteiger partial charge is 0.131 e. The van der Waals surface area contributed by atoms with Gasteiger partial charge in [0.15, 0.2) is 0 Å². The monoisotopic (exact) mass is 247 g/mol. The van der Waals surface area contributed by atoms with Crippen molar-refractivity contribution in [2.45, 2.75) is 31.8 Å². The van der Waals surface area contributed by atoms with Gasteiger partial charge in [-0.15, -0.1) is 0 Å². The van der Waals surface area contributed by atoms with E-state index in [2.05, 4.69) is 4.90 Å². The maximum absolute atomic E-state index is 11.0. The summed E-state index contributed by atoms with van der Waals surface area (Å²) in [7, 11) is 0. The molecule has 18 heavy (non-hydrogen) atoms. The molecular formula is C15H21NO2. The lowest BCUT2D eigenvalue weighted by Gasteiger charge is -2.38. The molecule has 98 valence electrons. The van der Waals surface area contributed by atoms with Crippen molar-refractivity contribution in [3.63, 3.8) is 0 Å². The van der Waals surface area contributed by atoms with Gasteiger partial charge in [0, 0.05) is 26.1 Å². The Morgan fingerprint density at radius 2 is 1.89 bits per heavy atom. The van der Waals surface area contributed by atoms with Crippen molar-refractivity contribution in [2.75, 3.05) is 19.6 Å². The van der Waals surface area contributed by atoms with Gasteiger partial charge in [-0.3, -0.25) is 4.79 Å². The van der Waals surface area contributed by atoms with E-state index in [1.807, 2.05) is 30.3 Å². The van der Waals surface area contributed by atoms with Crippen molar-refractivity contribution in [3.8, 4) is 0 Å². The molecule has 3 heteroatoms. The average molecular weight is 247 g/mol. The minimum Gasteiger partial charge on any atom is -0.385 e. The van der Waals surface area contributed by atoms with Gasteiger partial charge in [-0.25, -0.2) is 0 Å². The first-order valence-electron chi connectivity index (χ1n) is 6.60. The Balaban J connectivity index is 1.91. The first-order chi connectivity index (χ1) is 8.60. The van der Waals surface area contributed by atoms with Gasteiger partial charge in [-0.05, 0) is 25.3 Å². The van der Waals surface area contributed by atoms with Gasteiger partial charge < -0.3 is 10.0 Å². The van der Waals surface area contributed by atoms with Crippen molar-refractivity contribution in [2.24, 2.45) is 0 Å². The van der Waals surface area contributed by atoms with Crippen LogP contribution in [-0.4, -0.2) is 35.4 Å². The molecule has 0 amide bonds. The number of hydrogen-bond acceptors (Lipinski definition) is 3. The molecule has 1 aliphatic heterocycles. The lowest BCUT2D eigenvalue weighted by molar-refractivity contribution is -0.117. The fraction of sp³-hybridized carbons (Fsp3) is 0.533. The first-order valence-corrected chi connectivity index (χ1v) is 6.60. The molecule has 0 saturated carbocycles. The van der Waals surface area contributed by atoms with Crippen LogP contribution in [0.2, 0.25) is 0 Å². The molecule has 1 saturated heterocycles. The number of carbonyl (C=O) groups is 1. The minimum atomic E-state index is -0.687. The highest BCUT2D eigenvalue weighted by atomic mass is 16.3. The largest absolute Gasteiger partial charge is 0.385 e. The molecule has 0 aliphatic carbocycles. The molecule has 1 fully saturated rings. The van der Waals surface area contributed by atoms with Crippen LogP contribution in [0.15, 0.2) is 30.3 Å². The molecule has 1 aliphatic rings. The van der Waals surface area contributed by atoms with Crippen LogP contribution < -0.4 is 0 Å². The molecule has 0 unspecified atom stereocenters. The van der Waals surface area contributed by atoms with E-state index < -0.39 is 5.60 Å². The highest BCUT2D eigenvalue weighted by molar-refractivity contribution is 5.75. The Morgan fingerprint density at radius 1 is 1.28 bits per heavy atom. The van der Waals surface area contributed by atoms with E-state index in [1.54, 1.807) is 6.92 Å². The van der Waals surface area contributed by atoms with Crippen LogP contribution >= 0.6 is 0 Å². The normalized spacial score (nSPS) is 19.7. The van der Waals surface area contributed by atoms with Gasteiger partial charge in [0.25, 0.3) is 0 Å². The number of likely N-dealkylation sites (tertiary alicyclic amines) is 1. The van der Waals surface area contributed by atoms with E-state index in [4.69, 9.17) is 0 Å². The third-order valence-electron chi connectivity index (χ3n) is 3.77. The van der Waals surface area contributed by atoms with Crippen LogP contribution in [0.4, 0.5) is 0 Å². The van der Waals surface area contributed by atoms with Crippen LogP contribution in [0.25, 0.3) is 0 Å². The maximum Gasteiger partial charge on any atom is 0.131 e. The van der Waals surface area contributed by atoms with Crippen molar-refractivity contribution >= 4 is 5.78 Å². The summed E-state index contributed by atoms with van der Waals surface area (Å²) in [5.74, 6) is 0.235. The van der Waals surface area contributed by atoms with Crippen LogP contribution in [0.1, 0.15) is 31.7 Å². The Hall–Kier alpha value is -1.19. The summed E-state index contributed by atoms with van der Waals surface area (Å²) in [5, 5.41) is 10.6. The second kappa shape index (κ2) is 5.63. The molecule has 1 aromatic rings. The minimum absolute atomic E-state index is 0.235. The molecular weight excluding hydrogens is 226 g/mol. The quantitative estimate of drug-likeness (QED) is 0.884. The fourth-order valence-electron chi connectivity index (χ4n) is 2.50. The molecule has 1 N–H and O–H groups in total. The highest BCUT2D eigenvalue weighted by Crippen LogP contribution is 2.32. The molecule has 0 bridgehead atoms. The van der Waals surface area contributed by atoms with Crippen molar-refractivity contribution < 1.29 is 9.90 Å². The van der Waals surface area contributed by atoms with Crippen LogP contribution in [-0.2, 0) is 10.4 Å². The van der Waals surface area contributed by atoms with E-state index in [0.717, 1.165) is 38.0 Å². The summed E-state index contributed by atoms with van der Waals surface area (Å²) in [5.41, 5.74) is 0.324. The van der Waals surface area contributed by atoms with Gasteiger partial charge >= 0.3 is 0 Å².